The molecule has 0 fully saturated rings. The van der Waals surface area contributed by atoms with E-state index in [1.807, 2.05) is 94.4 Å². The van der Waals surface area contributed by atoms with Gasteiger partial charge in [0.05, 0.1) is 10.6 Å². The van der Waals surface area contributed by atoms with Crippen LogP contribution in [0.2, 0.25) is 0 Å². The Balaban J connectivity index is 1.82. The molecule has 4 aromatic carbocycles. The molecule has 248 valence electrons. The topological polar surface area (TPSA) is 86.8 Å². The molecule has 2 amide bonds. The van der Waals surface area contributed by atoms with Crippen molar-refractivity contribution in [3.63, 3.8) is 0 Å². The van der Waals surface area contributed by atoms with E-state index in [-0.39, 0.29) is 35.7 Å². The lowest BCUT2D eigenvalue weighted by molar-refractivity contribution is -0.140. The number of hydrogen-bond acceptors (Lipinski definition) is 4. The molecule has 0 radical (unpaired) electrons. The van der Waals surface area contributed by atoms with Crippen LogP contribution in [0, 0.1) is 13.8 Å². The number of nitrogens with one attached hydrogen (secondary N) is 1. The second-order valence-electron chi connectivity index (χ2n) is 12.6. The normalized spacial score (nSPS) is 12.7. The second kappa shape index (κ2) is 15.9. The monoisotopic (exact) mass is 653 g/mol. The highest BCUT2D eigenvalue weighted by Gasteiger charge is 2.35. The summed E-state index contributed by atoms with van der Waals surface area (Å²) in [7, 11) is -4.15. The molecule has 4 rings (SSSR count). The number of sulfonamides is 1. The fraction of sp³-hybridized carbons (Fsp3) is 0.333. The smallest absolute Gasteiger partial charge is 0.264 e. The van der Waals surface area contributed by atoms with Crippen molar-refractivity contribution in [2.45, 2.75) is 83.8 Å². The predicted octanol–water partition coefficient (Wildman–Crippen LogP) is 7.18. The van der Waals surface area contributed by atoms with Gasteiger partial charge in [-0.15, -0.1) is 0 Å². The minimum absolute atomic E-state index is 0.0874. The van der Waals surface area contributed by atoms with E-state index in [0.29, 0.717) is 5.69 Å². The van der Waals surface area contributed by atoms with E-state index in [2.05, 4.69) is 19.2 Å². The summed E-state index contributed by atoms with van der Waals surface area (Å²) in [6.07, 6.45) is 0.999. The number of benzene rings is 4. The lowest BCUT2D eigenvalue weighted by Gasteiger charge is -2.34. The van der Waals surface area contributed by atoms with Crippen LogP contribution in [-0.4, -0.2) is 43.8 Å². The van der Waals surface area contributed by atoms with Crippen molar-refractivity contribution in [2.24, 2.45) is 0 Å². The van der Waals surface area contributed by atoms with Crippen molar-refractivity contribution >= 4 is 27.5 Å². The molecule has 4 aromatic rings. The number of carbonyl (C=O) groups excluding carboxylic acids is 2. The van der Waals surface area contributed by atoms with Gasteiger partial charge in [0.1, 0.15) is 12.6 Å². The largest absolute Gasteiger partial charge is 0.352 e. The van der Waals surface area contributed by atoms with Gasteiger partial charge in [-0.1, -0.05) is 111 Å². The van der Waals surface area contributed by atoms with Gasteiger partial charge < -0.3 is 10.2 Å². The highest BCUT2D eigenvalue weighted by atomic mass is 32.2. The number of rotatable bonds is 14. The third-order valence-electron chi connectivity index (χ3n) is 8.44. The fourth-order valence-electron chi connectivity index (χ4n) is 5.39. The van der Waals surface area contributed by atoms with Crippen LogP contribution in [0.15, 0.2) is 108 Å². The van der Waals surface area contributed by atoms with E-state index in [1.54, 1.807) is 41.3 Å². The Hall–Kier alpha value is -4.43. The number of aryl methyl sites for hydroxylation is 2. The second-order valence-corrected chi connectivity index (χ2v) is 14.5. The maximum Gasteiger partial charge on any atom is 0.264 e. The van der Waals surface area contributed by atoms with Crippen LogP contribution in [0.1, 0.15) is 67.9 Å². The lowest BCUT2D eigenvalue weighted by Crippen LogP contribution is -2.54. The Morgan fingerprint density at radius 3 is 2.00 bits per heavy atom. The quantitative estimate of drug-likeness (QED) is 0.156. The molecule has 7 nitrogen and oxygen atoms in total. The SMILES string of the molecule is CC[C@@H](C)NC(=O)[C@H](Cc1ccccc1)N(Cc1cccc(C)c1)C(=O)CN(c1ccc(C(C)C)cc1)S(=O)(=O)c1ccc(C)cc1. The van der Waals surface area contributed by atoms with Crippen LogP contribution < -0.4 is 9.62 Å². The molecule has 0 unspecified atom stereocenters. The van der Waals surface area contributed by atoms with Crippen molar-refractivity contribution < 1.29 is 18.0 Å². The third-order valence-corrected chi connectivity index (χ3v) is 10.2. The van der Waals surface area contributed by atoms with Crippen molar-refractivity contribution in [1.29, 1.82) is 0 Å². The maximum atomic E-state index is 14.7. The van der Waals surface area contributed by atoms with E-state index >= 15 is 0 Å². The van der Waals surface area contributed by atoms with Gasteiger partial charge in [-0.25, -0.2) is 8.42 Å². The van der Waals surface area contributed by atoms with Gasteiger partial charge in [0.25, 0.3) is 10.0 Å². The van der Waals surface area contributed by atoms with Crippen LogP contribution in [0.25, 0.3) is 0 Å². The molecule has 47 heavy (non-hydrogen) atoms. The minimum Gasteiger partial charge on any atom is -0.352 e. The minimum atomic E-state index is -4.15. The molecule has 2 atom stereocenters. The summed E-state index contributed by atoms with van der Waals surface area (Å²) in [5.41, 5.74) is 5.12. The van der Waals surface area contributed by atoms with Crippen molar-refractivity contribution in [2.75, 3.05) is 10.8 Å². The number of carbonyl (C=O) groups is 2. The first-order valence-corrected chi connectivity index (χ1v) is 17.7. The molecule has 0 bridgehead atoms. The Kier molecular flexibility index (Phi) is 12.0. The lowest BCUT2D eigenvalue weighted by atomic mass is 10.0. The summed E-state index contributed by atoms with van der Waals surface area (Å²) in [5, 5.41) is 3.08. The molecule has 0 aliphatic rings. The maximum absolute atomic E-state index is 14.7. The summed E-state index contributed by atoms with van der Waals surface area (Å²) in [6.45, 7) is 11.6. The molecule has 0 saturated heterocycles. The highest BCUT2D eigenvalue weighted by molar-refractivity contribution is 7.92. The number of amides is 2. The molecule has 1 N–H and O–H groups in total. The Bertz CT molecular complexity index is 1740. The molecule has 0 aliphatic heterocycles. The van der Waals surface area contributed by atoms with Gasteiger partial charge in [-0.3, -0.25) is 13.9 Å². The molecule has 0 saturated carbocycles. The van der Waals surface area contributed by atoms with Crippen molar-refractivity contribution in [3.05, 3.63) is 131 Å². The summed E-state index contributed by atoms with van der Waals surface area (Å²) in [4.78, 5) is 30.3. The zero-order chi connectivity index (χ0) is 34.1. The van der Waals surface area contributed by atoms with E-state index in [0.717, 1.165) is 34.2 Å². The van der Waals surface area contributed by atoms with Gasteiger partial charge in [0.15, 0.2) is 0 Å². The molecule has 0 heterocycles. The number of hydrogen-bond donors (Lipinski definition) is 1. The summed E-state index contributed by atoms with van der Waals surface area (Å²) < 4.78 is 29.7. The van der Waals surface area contributed by atoms with E-state index in [4.69, 9.17) is 0 Å². The average Bonchev–Trinajstić information content (AvgIpc) is 3.05. The summed E-state index contributed by atoms with van der Waals surface area (Å²) in [5.74, 6) is -0.505. The Morgan fingerprint density at radius 1 is 0.766 bits per heavy atom. The molecule has 8 heteroatoms. The zero-order valence-electron chi connectivity index (χ0n) is 28.3. The molecular formula is C39H47N3O4S. The van der Waals surface area contributed by atoms with Gasteiger partial charge in [0, 0.05) is 19.0 Å². The predicted molar refractivity (Wildman–Crippen MR) is 190 cm³/mol. The highest BCUT2D eigenvalue weighted by Crippen LogP contribution is 2.27. The Morgan fingerprint density at radius 2 is 1.40 bits per heavy atom. The van der Waals surface area contributed by atoms with Gasteiger partial charge in [0.2, 0.25) is 11.8 Å². The van der Waals surface area contributed by atoms with Gasteiger partial charge in [-0.05, 0) is 74.1 Å². The first-order valence-electron chi connectivity index (χ1n) is 16.3. The van der Waals surface area contributed by atoms with Crippen LogP contribution in [0.5, 0.6) is 0 Å². The van der Waals surface area contributed by atoms with Crippen LogP contribution in [0.3, 0.4) is 0 Å². The van der Waals surface area contributed by atoms with Gasteiger partial charge in [-0.2, -0.15) is 0 Å². The molecule has 0 aliphatic carbocycles. The first kappa shape index (κ1) is 35.4. The molecular weight excluding hydrogens is 607 g/mol. The van der Waals surface area contributed by atoms with E-state index in [9.17, 15) is 18.0 Å². The first-order chi connectivity index (χ1) is 22.4. The third kappa shape index (κ3) is 9.32. The van der Waals surface area contributed by atoms with Crippen molar-refractivity contribution in [3.8, 4) is 0 Å². The summed E-state index contributed by atoms with van der Waals surface area (Å²) in [6, 6.07) is 30.3. The summed E-state index contributed by atoms with van der Waals surface area (Å²) >= 11 is 0. The van der Waals surface area contributed by atoms with E-state index in [1.165, 1.54) is 4.31 Å². The molecule has 0 aromatic heterocycles. The average molecular weight is 654 g/mol. The molecule has 0 spiro atoms. The van der Waals surface area contributed by atoms with E-state index < -0.39 is 28.5 Å². The Labute approximate surface area is 280 Å². The zero-order valence-corrected chi connectivity index (χ0v) is 29.1. The number of nitrogens with zero attached hydrogens (tertiary/aromatic N) is 2. The van der Waals surface area contributed by atoms with Crippen LogP contribution in [0.4, 0.5) is 5.69 Å². The van der Waals surface area contributed by atoms with Crippen LogP contribution >= 0.6 is 0 Å². The van der Waals surface area contributed by atoms with Crippen LogP contribution in [-0.2, 0) is 32.6 Å². The standard InChI is InChI=1S/C39H47N3O4S/c1-7-31(6)40-39(44)37(25-32-13-9-8-10-14-32)41(26-33-15-11-12-30(5)24-33)38(43)27-42(35-20-18-34(19-21-35)28(2)3)47(45,46)36-22-16-29(4)17-23-36/h8-24,28,31,37H,7,25-27H2,1-6H3,(H,40,44)/t31-,37+/m1/s1. The van der Waals surface area contributed by atoms with Gasteiger partial charge >= 0.3 is 0 Å². The fourth-order valence-corrected chi connectivity index (χ4v) is 6.81. The van der Waals surface area contributed by atoms with Crippen molar-refractivity contribution in [1.82, 2.24) is 10.2 Å². The number of anilines is 1.